The molecule has 5 heteroatoms. The number of benzene rings is 1. The molecule has 4 rings (SSSR count). The van der Waals surface area contributed by atoms with Gasteiger partial charge in [-0.25, -0.2) is 4.98 Å². The fourth-order valence-corrected chi connectivity index (χ4v) is 3.77. The number of hydrogen-bond donors (Lipinski definition) is 1. The van der Waals surface area contributed by atoms with E-state index in [2.05, 4.69) is 58.3 Å². The lowest BCUT2D eigenvalue weighted by Crippen LogP contribution is -2.15. The zero-order valence-corrected chi connectivity index (χ0v) is 14.3. The average molecular weight is 334 g/mol. The molecule has 3 heterocycles. The number of rotatable bonds is 5. The maximum atomic E-state index is 4.76. The van der Waals surface area contributed by atoms with Crippen LogP contribution in [0.2, 0.25) is 0 Å². The Morgan fingerprint density at radius 1 is 1.08 bits per heavy atom. The molecular formula is C19H18N4S. The van der Waals surface area contributed by atoms with Crippen molar-refractivity contribution in [2.45, 2.75) is 20.0 Å². The van der Waals surface area contributed by atoms with Crippen molar-refractivity contribution in [3.05, 3.63) is 77.9 Å². The number of aryl methyl sites for hydroxylation is 1. The van der Waals surface area contributed by atoms with Crippen molar-refractivity contribution in [3.8, 4) is 5.13 Å². The van der Waals surface area contributed by atoms with Crippen LogP contribution in [-0.4, -0.2) is 14.5 Å². The third-order valence-electron chi connectivity index (χ3n) is 3.91. The van der Waals surface area contributed by atoms with Crippen LogP contribution >= 0.6 is 11.3 Å². The normalized spacial score (nSPS) is 11.2. The third kappa shape index (κ3) is 3.09. The predicted molar refractivity (Wildman–Crippen MR) is 98.5 cm³/mol. The van der Waals surface area contributed by atoms with Crippen molar-refractivity contribution >= 4 is 21.6 Å². The third-order valence-corrected chi connectivity index (χ3v) is 4.93. The van der Waals surface area contributed by atoms with Crippen molar-refractivity contribution in [2.75, 3.05) is 0 Å². The summed E-state index contributed by atoms with van der Waals surface area (Å²) in [4.78, 5) is 9.10. The van der Waals surface area contributed by atoms with Gasteiger partial charge in [-0.1, -0.05) is 23.5 Å². The Hall–Kier alpha value is -2.50. The largest absolute Gasteiger partial charge is 0.306 e. The summed E-state index contributed by atoms with van der Waals surface area (Å²) < 4.78 is 3.39. The summed E-state index contributed by atoms with van der Waals surface area (Å²) in [6.07, 6.45) is 3.89. The van der Waals surface area contributed by atoms with Crippen molar-refractivity contribution in [2.24, 2.45) is 0 Å². The number of thiazole rings is 1. The summed E-state index contributed by atoms with van der Waals surface area (Å²) >= 11 is 1.72. The highest BCUT2D eigenvalue weighted by Crippen LogP contribution is 2.26. The molecule has 0 radical (unpaired) electrons. The van der Waals surface area contributed by atoms with Gasteiger partial charge in [0.1, 0.15) is 0 Å². The highest BCUT2D eigenvalue weighted by Gasteiger charge is 2.09. The molecular weight excluding hydrogens is 316 g/mol. The Morgan fingerprint density at radius 2 is 2.04 bits per heavy atom. The molecule has 0 fully saturated rings. The monoisotopic (exact) mass is 334 g/mol. The molecule has 0 spiro atoms. The van der Waals surface area contributed by atoms with Crippen molar-refractivity contribution in [1.29, 1.82) is 0 Å². The molecule has 0 aliphatic heterocycles. The summed E-state index contributed by atoms with van der Waals surface area (Å²) in [5, 5.41) is 4.46. The first kappa shape index (κ1) is 15.1. The van der Waals surface area contributed by atoms with E-state index < -0.39 is 0 Å². The summed E-state index contributed by atoms with van der Waals surface area (Å²) in [6.45, 7) is 3.64. The zero-order chi connectivity index (χ0) is 16.4. The summed E-state index contributed by atoms with van der Waals surface area (Å²) in [7, 11) is 0. The van der Waals surface area contributed by atoms with Gasteiger partial charge in [0, 0.05) is 31.2 Å². The van der Waals surface area contributed by atoms with Crippen LogP contribution in [0.3, 0.4) is 0 Å². The van der Waals surface area contributed by atoms with Crippen LogP contribution in [-0.2, 0) is 13.1 Å². The second-order valence-corrected chi connectivity index (χ2v) is 6.77. The van der Waals surface area contributed by atoms with E-state index in [1.165, 1.54) is 16.0 Å². The summed E-state index contributed by atoms with van der Waals surface area (Å²) in [6, 6.07) is 16.6. The van der Waals surface area contributed by atoms with E-state index >= 15 is 0 Å². The van der Waals surface area contributed by atoms with E-state index in [9.17, 15) is 0 Å². The summed E-state index contributed by atoms with van der Waals surface area (Å²) in [5.41, 5.74) is 4.57. The minimum absolute atomic E-state index is 0.755. The van der Waals surface area contributed by atoms with Gasteiger partial charge in [0.2, 0.25) is 0 Å². The molecule has 4 nitrogen and oxygen atoms in total. The van der Waals surface area contributed by atoms with E-state index in [4.69, 9.17) is 4.98 Å². The first-order valence-corrected chi connectivity index (χ1v) is 8.76. The van der Waals surface area contributed by atoms with Gasteiger partial charge in [-0.05, 0) is 48.9 Å². The number of nitrogens with one attached hydrogen (secondary N) is 1. The number of aromatic nitrogens is 3. The SMILES string of the molecule is Cc1ccc2nc(-n3cccc3CNCc3ccccn3)sc2c1. The predicted octanol–water partition coefficient (Wildman–Crippen LogP) is 4.08. The Bertz CT molecular complexity index is 956. The Labute approximate surface area is 144 Å². The molecule has 0 unspecified atom stereocenters. The van der Waals surface area contributed by atoms with E-state index in [0.29, 0.717) is 0 Å². The number of nitrogens with zero attached hydrogens (tertiary/aromatic N) is 3. The van der Waals surface area contributed by atoms with Gasteiger partial charge < -0.3 is 5.32 Å². The maximum absolute atomic E-state index is 4.76. The van der Waals surface area contributed by atoms with Gasteiger partial charge in [-0.3, -0.25) is 9.55 Å². The van der Waals surface area contributed by atoms with Gasteiger partial charge >= 0.3 is 0 Å². The van der Waals surface area contributed by atoms with Gasteiger partial charge in [0.05, 0.1) is 15.9 Å². The van der Waals surface area contributed by atoms with Crippen LogP contribution in [0.5, 0.6) is 0 Å². The molecule has 1 N–H and O–H groups in total. The molecule has 0 aliphatic rings. The second kappa shape index (κ2) is 6.55. The highest BCUT2D eigenvalue weighted by molar-refractivity contribution is 7.20. The van der Waals surface area contributed by atoms with Gasteiger partial charge in [0.25, 0.3) is 0 Å². The van der Waals surface area contributed by atoms with E-state index in [0.717, 1.165) is 29.4 Å². The molecule has 4 aromatic rings. The highest BCUT2D eigenvalue weighted by atomic mass is 32.1. The molecule has 0 atom stereocenters. The molecule has 0 saturated heterocycles. The van der Waals surface area contributed by atoms with Crippen LogP contribution in [0.15, 0.2) is 60.9 Å². The first-order chi connectivity index (χ1) is 11.8. The molecule has 0 bridgehead atoms. The second-order valence-electron chi connectivity index (χ2n) is 5.76. The summed E-state index contributed by atoms with van der Waals surface area (Å²) in [5.74, 6) is 0. The molecule has 3 aromatic heterocycles. The topological polar surface area (TPSA) is 42.7 Å². The zero-order valence-electron chi connectivity index (χ0n) is 13.4. The van der Waals surface area contributed by atoms with Crippen molar-refractivity contribution < 1.29 is 0 Å². The fourth-order valence-electron chi connectivity index (χ4n) is 2.69. The quantitative estimate of drug-likeness (QED) is 0.598. The molecule has 24 heavy (non-hydrogen) atoms. The lowest BCUT2D eigenvalue weighted by atomic mass is 10.2. The molecule has 1 aromatic carbocycles. The van der Waals surface area contributed by atoms with E-state index in [1.807, 2.05) is 24.4 Å². The lowest BCUT2D eigenvalue weighted by Gasteiger charge is -2.07. The standard InChI is InChI=1S/C19H18N4S/c1-14-7-8-17-18(11-14)24-19(22-17)23-10-4-6-16(23)13-20-12-15-5-2-3-9-21-15/h2-11,20H,12-13H2,1H3. The fraction of sp³-hybridized carbons (Fsp3) is 0.158. The van der Waals surface area contributed by atoms with Crippen LogP contribution in [0, 0.1) is 6.92 Å². The van der Waals surface area contributed by atoms with Crippen molar-refractivity contribution in [3.63, 3.8) is 0 Å². The van der Waals surface area contributed by atoms with Crippen LogP contribution in [0.4, 0.5) is 0 Å². The van der Waals surface area contributed by atoms with Crippen LogP contribution in [0.1, 0.15) is 17.0 Å². The number of pyridine rings is 1. The van der Waals surface area contributed by atoms with Gasteiger partial charge in [-0.15, -0.1) is 0 Å². The van der Waals surface area contributed by atoms with Gasteiger partial charge in [0.15, 0.2) is 5.13 Å². The molecule has 0 saturated carbocycles. The Kier molecular flexibility index (Phi) is 4.11. The Morgan fingerprint density at radius 3 is 2.92 bits per heavy atom. The lowest BCUT2D eigenvalue weighted by molar-refractivity contribution is 0.658. The first-order valence-electron chi connectivity index (χ1n) is 7.94. The maximum Gasteiger partial charge on any atom is 0.194 e. The van der Waals surface area contributed by atoms with Gasteiger partial charge in [-0.2, -0.15) is 0 Å². The van der Waals surface area contributed by atoms with E-state index in [1.54, 1.807) is 11.3 Å². The molecule has 0 amide bonds. The minimum atomic E-state index is 0.755. The Balaban J connectivity index is 1.53. The number of hydrogen-bond acceptors (Lipinski definition) is 4. The average Bonchev–Trinajstić information content (AvgIpc) is 3.21. The molecule has 0 aliphatic carbocycles. The minimum Gasteiger partial charge on any atom is -0.306 e. The molecule has 120 valence electrons. The smallest absolute Gasteiger partial charge is 0.194 e. The van der Waals surface area contributed by atoms with Crippen LogP contribution in [0.25, 0.3) is 15.3 Å². The number of fused-ring (bicyclic) bond motifs is 1. The van der Waals surface area contributed by atoms with Crippen molar-refractivity contribution in [1.82, 2.24) is 19.9 Å². The van der Waals surface area contributed by atoms with Crippen LogP contribution < -0.4 is 5.32 Å². The van der Waals surface area contributed by atoms with E-state index in [-0.39, 0.29) is 0 Å².